The SMILES string of the molecule is [CH]=Cc1cc(F)c(I)cc1[N+](=O)[O-]. The number of benzene rings is 1. The Bertz CT molecular complexity index is 379. The molecule has 0 bridgehead atoms. The van der Waals surface area contributed by atoms with E-state index in [1.165, 1.54) is 0 Å². The van der Waals surface area contributed by atoms with Gasteiger partial charge in [-0.3, -0.25) is 10.1 Å². The second kappa shape index (κ2) is 3.82. The van der Waals surface area contributed by atoms with Crippen molar-refractivity contribution in [2.24, 2.45) is 0 Å². The van der Waals surface area contributed by atoms with Gasteiger partial charge in [0.25, 0.3) is 5.69 Å². The zero-order valence-corrected chi connectivity index (χ0v) is 8.49. The van der Waals surface area contributed by atoms with Crippen molar-refractivity contribution < 1.29 is 9.31 Å². The number of nitrogens with zero attached hydrogens (tertiary/aromatic N) is 1. The molecule has 0 aliphatic heterocycles. The molecule has 0 atom stereocenters. The van der Waals surface area contributed by atoms with E-state index in [-0.39, 0.29) is 14.8 Å². The molecular weight excluding hydrogens is 288 g/mol. The molecule has 0 heterocycles. The molecule has 0 saturated heterocycles. The summed E-state index contributed by atoms with van der Waals surface area (Å²) in [6.45, 7) is 5.11. The zero-order chi connectivity index (χ0) is 10.0. The quantitative estimate of drug-likeness (QED) is 0.478. The Morgan fingerprint density at radius 1 is 1.62 bits per heavy atom. The Labute approximate surface area is 87.6 Å². The predicted molar refractivity (Wildman–Crippen MR) is 54.5 cm³/mol. The summed E-state index contributed by atoms with van der Waals surface area (Å²) in [5.41, 5.74) is -0.101. The van der Waals surface area contributed by atoms with Crippen molar-refractivity contribution in [3.63, 3.8) is 0 Å². The Balaban J connectivity index is 3.41. The fourth-order valence-corrected chi connectivity index (χ4v) is 1.29. The van der Waals surface area contributed by atoms with Crippen molar-refractivity contribution in [3.8, 4) is 0 Å². The van der Waals surface area contributed by atoms with Gasteiger partial charge in [0.2, 0.25) is 0 Å². The van der Waals surface area contributed by atoms with Gasteiger partial charge in [-0.05, 0) is 34.7 Å². The highest BCUT2D eigenvalue weighted by Gasteiger charge is 2.14. The zero-order valence-electron chi connectivity index (χ0n) is 6.33. The molecule has 1 aromatic rings. The first-order valence-electron chi connectivity index (χ1n) is 3.24. The first kappa shape index (κ1) is 10.1. The topological polar surface area (TPSA) is 43.1 Å². The Hall–Kier alpha value is -0.980. The molecule has 0 amide bonds. The van der Waals surface area contributed by atoms with E-state index in [1.807, 2.05) is 0 Å². The standard InChI is InChI=1S/C8H4FINO2/c1-2-5-3-6(9)7(10)4-8(5)11(12)13/h1-4H. The van der Waals surface area contributed by atoms with Crippen LogP contribution in [0.25, 0.3) is 6.08 Å². The maximum atomic E-state index is 12.9. The summed E-state index contributed by atoms with van der Waals surface area (Å²) in [6.07, 6.45) is 1.01. The molecule has 0 N–H and O–H groups in total. The first-order chi connectivity index (χ1) is 6.06. The molecule has 1 rings (SSSR count). The van der Waals surface area contributed by atoms with Crippen molar-refractivity contribution in [3.05, 3.63) is 43.8 Å². The number of hydrogen-bond acceptors (Lipinski definition) is 2. The third kappa shape index (κ3) is 2.03. The highest BCUT2D eigenvalue weighted by atomic mass is 127. The van der Waals surface area contributed by atoms with E-state index in [0.29, 0.717) is 0 Å². The molecule has 67 valence electrons. The normalized spacial score (nSPS) is 9.69. The van der Waals surface area contributed by atoms with Gasteiger partial charge < -0.3 is 0 Å². The van der Waals surface area contributed by atoms with E-state index in [2.05, 4.69) is 0 Å². The van der Waals surface area contributed by atoms with Crippen molar-refractivity contribution in [2.75, 3.05) is 0 Å². The molecule has 1 radical (unpaired) electrons. The van der Waals surface area contributed by atoms with E-state index >= 15 is 0 Å². The molecular formula is C8H4FINO2. The maximum absolute atomic E-state index is 12.9. The number of nitro benzene ring substituents is 1. The Morgan fingerprint density at radius 2 is 2.23 bits per heavy atom. The lowest BCUT2D eigenvalue weighted by Crippen LogP contribution is -1.94. The van der Waals surface area contributed by atoms with Crippen molar-refractivity contribution in [2.45, 2.75) is 0 Å². The van der Waals surface area contributed by atoms with Crippen LogP contribution in [0.4, 0.5) is 10.1 Å². The number of nitro groups is 1. The Morgan fingerprint density at radius 3 is 2.69 bits per heavy atom. The Kier molecular flexibility index (Phi) is 2.97. The van der Waals surface area contributed by atoms with Gasteiger partial charge in [-0.25, -0.2) is 4.39 Å². The van der Waals surface area contributed by atoms with Crippen LogP contribution in [0.2, 0.25) is 0 Å². The first-order valence-corrected chi connectivity index (χ1v) is 4.32. The summed E-state index contributed by atoms with van der Waals surface area (Å²) in [4.78, 5) is 9.85. The molecule has 1 aromatic carbocycles. The van der Waals surface area contributed by atoms with Crippen LogP contribution in [0.3, 0.4) is 0 Å². The van der Waals surface area contributed by atoms with Crippen LogP contribution in [0.5, 0.6) is 0 Å². The number of hydrogen-bond donors (Lipinski definition) is 0. The van der Waals surface area contributed by atoms with Crippen molar-refractivity contribution in [1.82, 2.24) is 0 Å². The summed E-state index contributed by atoms with van der Waals surface area (Å²) in [5.74, 6) is -0.511. The van der Waals surface area contributed by atoms with Crippen LogP contribution < -0.4 is 0 Å². The molecule has 3 nitrogen and oxygen atoms in total. The van der Waals surface area contributed by atoms with Gasteiger partial charge in [0, 0.05) is 6.07 Å². The third-order valence-corrected chi connectivity index (χ3v) is 2.27. The molecule has 13 heavy (non-hydrogen) atoms. The molecule has 0 fully saturated rings. The predicted octanol–water partition coefficient (Wildman–Crippen LogP) is 2.78. The summed E-state index contributed by atoms with van der Waals surface area (Å²) in [6, 6.07) is 2.19. The van der Waals surface area contributed by atoms with Crippen LogP contribution in [0, 0.1) is 26.1 Å². The molecule has 0 spiro atoms. The maximum Gasteiger partial charge on any atom is 0.277 e. The average Bonchev–Trinajstić information content (AvgIpc) is 2.08. The average molecular weight is 292 g/mol. The lowest BCUT2D eigenvalue weighted by molar-refractivity contribution is -0.385. The third-order valence-electron chi connectivity index (χ3n) is 1.45. The molecule has 0 aromatic heterocycles. The largest absolute Gasteiger partial charge is 0.277 e. The van der Waals surface area contributed by atoms with Gasteiger partial charge >= 0.3 is 0 Å². The van der Waals surface area contributed by atoms with Crippen LogP contribution >= 0.6 is 22.6 Å². The molecule has 0 aliphatic rings. The lowest BCUT2D eigenvalue weighted by Gasteiger charge is -1.99. The lowest BCUT2D eigenvalue weighted by atomic mass is 10.2. The number of rotatable bonds is 2. The van der Waals surface area contributed by atoms with E-state index in [9.17, 15) is 14.5 Å². The monoisotopic (exact) mass is 292 g/mol. The summed E-state index contributed by atoms with van der Waals surface area (Å²) >= 11 is 1.68. The minimum absolute atomic E-state index is 0.0860. The van der Waals surface area contributed by atoms with E-state index < -0.39 is 10.7 Å². The van der Waals surface area contributed by atoms with E-state index in [0.717, 1.165) is 18.2 Å². The summed E-state index contributed by atoms with van der Waals surface area (Å²) < 4.78 is 13.1. The second-order valence-electron chi connectivity index (χ2n) is 2.25. The highest BCUT2D eigenvalue weighted by Crippen LogP contribution is 2.24. The number of halogens is 2. The van der Waals surface area contributed by atoms with Crippen LogP contribution in [0.1, 0.15) is 5.56 Å². The molecule has 0 saturated carbocycles. The summed E-state index contributed by atoms with van der Waals surface area (Å²) in [7, 11) is 0. The summed E-state index contributed by atoms with van der Waals surface area (Å²) in [5, 5.41) is 10.4. The molecule has 0 aliphatic carbocycles. The smallest absolute Gasteiger partial charge is 0.258 e. The minimum atomic E-state index is -0.597. The second-order valence-corrected chi connectivity index (χ2v) is 3.41. The highest BCUT2D eigenvalue weighted by molar-refractivity contribution is 14.1. The fourth-order valence-electron chi connectivity index (χ4n) is 0.843. The van der Waals surface area contributed by atoms with Gasteiger partial charge in [0.15, 0.2) is 0 Å². The van der Waals surface area contributed by atoms with Gasteiger partial charge in [0.1, 0.15) is 5.82 Å². The fraction of sp³-hybridized carbons (Fsp3) is 0. The van der Waals surface area contributed by atoms with Crippen LogP contribution in [-0.4, -0.2) is 4.92 Å². The van der Waals surface area contributed by atoms with Crippen LogP contribution in [0.15, 0.2) is 12.1 Å². The van der Waals surface area contributed by atoms with Gasteiger partial charge in [-0.15, -0.1) is 0 Å². The van der Waals surface area contributed by atoms with Gasteiger partial charge in [0.05, 0.1) is 14.1 Å². The van der Waals surface area contributed by atoms with Crippen molar-refractivity contribution >= 4 is 34.4 Å². The van der Waals surface area contributed by atoms with E-state index in [4.69, 9.17) is 6.58 Å². The minimum Gasteiger partial charge on any atom is -0.258 e. The van der Waals surface area contributed by atoms with Crippen LogP contribution in [-0.2, 0) is 0 Å². The van der Waals surface area contributed by atoms with Gasteiger partial charge in [-0.1, -0.05) is 6.58 Å². The van der Waals surface area contributed by atoms with E-state index in [1.54, 1.807) is 22.6 Å². The molecule has 0 unspecified atom stereocenters. The van der Waals surface area contributed by atoms with Gasteiger partial charge in [-0.2, -0.15) is 0 Å². The molecule has 5 heteroatoms. The van der Waals surface area contributed by atoms with Crippen molar-refractivity contribution in [1.29, 1.82) is 0 Å².